The predicted molar refractivity (Wildman–Crippen MR) is 79.9 cm³/mol. The van der Waals surface area contributed by atoms with Gasteiger partial charge in [0.2, 0.25) is 0 Å². The molecule has 0 unspecified atom stereocenters. The van der Waals surface area contributed by atoms with Gasteiger partial charge < -0.3 is 4.52 Å². The summed E-state index contributed by atoms with van der Waals surface area (Å²) in [7, 11) is 0. The fourth-order valence-corrected chi connectivity index (χ4v) is 2.12. The Morgan fingerprint density at radius 1 is 1.04 bits per heavy atom. The van der Waals surface area contributed by atoms with Gasteiger partial charge in [0.1, 0.15) is 24.3 Å². The number of rotatable bonds is 4. The molecule has 4 rings (SSSR count). The molecular weight excluding hydrogens is 294 g/mol. The summed E-state index contributed by atoms with van der Waals surface area (Å²) >= 11 is 0. The van der Waals surface area contributed by atoms with Gasteiger partial charge in [-0.2, -0.15) is 0 Å². The van der Waals surface area contributed by atoms with Crippen LogP contribution in [0.3, 0.4) is 0 Å². The van der Waals surface area contributed by atoms with Crippen LogP contribution < -0.4 is 0 Å². The smallest absolute Gasteiger partial charge is 0.158 e. The van der Waals surface area contributed by atoms with Gasteiger partial charge in [-0.3, -0.25) is 4.98 Å². The molecule has 4 aromatic rings. The van der Waals surface area contributed by atoms with E-state index in [0.29, 0.717) is 23.7 Å². The van der Waals surface area contributed by atoms with Gasteiger partial charge in [-0.15, -0.1) is 5.10 Å². The first-order valence-corrected chi connectivity index (χ1v) is 6.91. The highest BCUT2D eigenvalue weighted by molar-refractivity contribution is 5.55. The third-order valence-electron chi connectivity index (χ3n) is 3.20. The molecule has 0 atom stereocenters. The van der Waals surface area contributed by atoms with Gasteiger partial charge >= 0.3 is 0 Å². The van der Waals surface area contributed by atoms with E-state index in [2.05, 4.69) is 30.4 Å². The normalized spacial score (nSPS) is 10.8. The van der Waals surface area contributed by atoms with E-state index in [9.17, 15) is 0 Å². The van der Waals surface area contributed by atoms with Crippen molar-refractivity contribution in [3.8, 4) is 22.6 Å². The van der Waals surface area contributed by atoms with E-state index in [0.717, 1.165) is 11.3 Å². The Morgan fingerprint density at radius 3 is 2.78 bits per heavy atom. The molecule has 0 aromatic carbocycles. The van der Waals surface area contributed by atoms with Crippen molar-refractivity contribution in [2.24, 2.45) is 0 Å². The molecule has 4 aromatic heterocycles. The van der Waals surface area contributed by atoms with E-state index >= 15 is 0 Å². The van der Waals surface area contributed by atoms with Crippen molar-refractivity contribution in [2.45, 2.75) is 6.54 Å². The second-order valence-corrected chi connectivity index (χ2v) is 4.82. The number of hydrogen-bond acceptors (Lipinski definition) is 7. The van der Waals surface area contributed by atoms with Gasteiger partial charge in [-0.05, 0) is 12.1 Å². The quantitative estimate of drug-likeness (QED) is 0.567. The first-order chi connectivity index (χ1) is 11.4. The molecule has 0 spiro atoms. The molecule has 4 heterocycles. The maximum Gasteiger partial charge on any atom is 0.158 e. The predicted octanol–water partition coefficient (Wildman–Crippen LogP) is 1.83. The molecule has 0 fully saturated rings. The van der Waals surface area contributed by atoms with Crippen LogP contribution in [0.2, 0.25) is 0 Å². The average Bonchev–Trinajstić information content (AvgIpc) is 3.27. The molecule has 0 aliphatic carbocycles. The lowest BCUT2D eigenvalue weighted by Crippen LogP contribution is -1.98. The first-order valence-electron chi connectivity index (χ1n) is 6.91. The molecule has 0 saturated carbocycles. The lowest BCUT2D eigenvalue weighted by atomic mass is 10.2. The average molecular weight is 305 g/mol. The monoisotopic (exact) mass is 305 g/mol. The molecule has 0 N–H and O–H groups in total. The molecule has 0 bridgehead atoms. The number of aromatic nitrogens is 7. The fraction of sp³-hybridized carbons (Fsp3) is 0.0667. The van der Waals surface area contributed by atoms with Crippen molar-refractivity contribution in [2.75, 3.05) is 0 Å². The van der Waals surface area contributed by atoms with Crippen molar-refractivity contribution in [3.05, 3.63) is 61.1 Å². The van der Waals surface area contributed by atoms with Crippen molar-refractivity contribution < 1.29 is 4.52 Å². The minimum atomic E-state index is 0.431. The molecule has 112 valence electrons. The van der Waals surface area contributed by atoms with E-state index in [1.807, 2.05) is 30.5 Å². The Balaban J connectivity index is 1.53. The van der Waals surface area contributed by atoms with E-state index in [1.165, 1.54) is 6.33 Å². The van der Waals surface area contributed by atoms with Gasteiger partial charge in [-0.1, -0.05) is 16.4 Å². The zero-order valence-corrected chi connectivity index (χ0v) is 11.9. The van der Waals surface area contributed by atoms with Crippen LogP contribution in [0.5, 0.6) is 0 Å². The summed E-state index contributed by atoms with van der Waals surface area (Å²) in [6, 6.07) is 7.48. The molecule has 0 radical (unpaired) electrons. The third kappa shape index (κ3) is 2.82. The van der Waals surface area contributed by atoms with Crippen LogP contribution in [-0.4, -0.2) is 35.1 Å². The van der Waals surface area contributed by atoms with E-state index in [-0.39, 0.29) is 0 Å². The summed E-state index contributed by atoms with van der Waals surface area (Å²) < 4.78 is 7.01. The van der Waals surface area contributed by atoms with Crippen molar-refractivity contribution in [3.63, 3.8) is 0 Å². The van der Waals surface area contributed by atoms with Crippen molar-refractivity contribution in [1.29, 1.82) is 0 Å². The Labute approximate surface area is 130 Å². The summed E-state index contributed by atoms with van der Waals surface area (Å²) in [4.78, 5) is 12.2. The maximum atomic E-state index is 5.33. The molecule has 8 heteroatoms. The summed E-state index contributed by atoms with van der Waals surface area (Å²) in [5.41, 5.74) is 2.97. The molecule has 0 saturated heterocycles. The summed E-state index contributed by atoms with van der Waals surface area (Å²) in [5, 5.41) is 12.2. The number of nitrogens with zero attached hydrogens (tertiary/aromatic N) is 7. The highest BCUT2D eigenvalue weighted by Gasteiger charge is 2.10. The minimum absolute atomic E-state index is 0.431. The number of hydrogen-bond donors (Lipinski definition) is 0. The van der Waals surface area contributed by atoms with Gasteiger partial charge in [0.05, 0.1) is 11.9 Å². The van der Waals surface area contributed by atoms with Crippen LogP contribution in [0, 0.1) is 0 Å². The lowest BCUT2D eigenvalue weighted by Gasteiger charge is -1.94. The molecule has 23 heavy (non-hydrogen) atoms. The molecule has 0 amide bonds. The van der Waals surface area contributed by atoms with Crippen LogP contribution in [0.25, 0.3) is 22.6 Å². The largest absolute Gasteiger partial charge is 0.359 e. The van der Waals surface area contributed by atoms with Crippen LogP contribution in [0.4, 0.5) is 0 Å². The Hall–Kier alpha value is -3.42. The van der Waals surface area contributed by atoms with Crippen LogP contribution in [0.15, 0.2) is 59.9 Å². The van der Waals surface area contributed by atoms with E-state index in [1.54, 1.807) is 23.3 Å². The van der Waals surface area contributed by atoms with Gasteiger partial charge in [0, 0.05) is 30.2 Å². The minimum Gasteiger partial charge on any atom is -0.359 e. The highest BCUT2D eigenvalue weighted by Crippen LogP contribution is 2.17. The topological polar surface area (TPSA) is 95.4 Å². The summed E-state index contributed by atoms with van der Waals surface area (Å²) in [6.45, 7) is 0.431. The van der Waals surface area contributed by atoms with Crippen molar-refractivity contribution >= 4 is 0 Å². The highest BCUT2D eigenvalue weighted by atomic mass is 16.5. The second-order valence-electron chi connectivity index (χ2n) is 4.82. The van der Waals surface area contributed by atoms with Crippen molar-refractivity contribution in [1.82, 2.24) is 35.1 Å². The van der Waals surface area contributed by atoms with Crippen LogP contribution in [-0.2, 0) is 6.54 Å². The standard InChI is InChI=1S/C15H11N7O/c1-2-4-18-13(3-1)14-5-12(23-20-14)8-22-9-15(19-21-22)11-6-16-10-17-7-11/h1-7,9-10H,8H2. The van der Waals surface area contributed by atoms with E-state index in [4.69, 9.17) is 4.52 Å². The van der Waals surface area contributed by atoms with Crippen LogP contribution in [0.1, 0.15) is 5.76 Å². The summed E-state index contributed by atoms with van der Waals surface area (Å²) in [5.74, 6) is 0.673. The van der Waals surface area contributed by atoms with Gasteiger partial charge in [0.25, 0.3) is 0 Å². The molecule has 0 aliphatic heterocycles. The van der Waals surface area contributed by atoms with Gasteiger partial charge in [-0.25, -0.2) is 14.6 Å². The van der Waals surface area contributed by atoms with Gasteiger partial charge in [0.15, 0.2) is 5.76 Å². The Kier molecular flexibility index (Phi) is 3.32. The number of pyridine rings is 1. The maximum absolute atomic E-state index is 5.33. The lowest BCUT2D eigenvalue weighted by molar-refractivity contribution is 0.371. The summed E-state index contributed by atoms with van der Waals surface area (Å²) in [6.07, 6.45) is 8.38. The molecule has 0 aliphatic rings. The Morgan fingerprint density at radius 2 is 1.96 bits per heavy atom. The first kappa shape index (κ1) is 13.3. The Bertz CT molecular complexity index is 826. The zero-order valence-electron chi connectivity index (χ0n) is 11.9. The molecule has 8 nitrogen and oxygen atoms in total. The SMILES string of the molecule is c1ccc(-c2cc(Cn3cc(-c4cncnc4)nn3)on2)nc1. The second kappa shape index (κ2) is 5.76. The third-order valence-corrected chi connectivity index (χ3v) is 3.20. The molecular formula is C15H11N7O. The van der Waals surface area contributed by atoms with E-state index < -0.39 is 0 Å². The van der Waals surface area contributed by atoms with Crippen LogP contribution >= 0.6 is 0 Å². The zero-order chi connectivity index (χ0) is 15.5. The fourth-order valence-electron chi connectivity index (χ4n) is 2.12.